The van der Waals surface area contributed by atoms with Gasteiger partial charge in [-0.3, -0.25) is 9.59 Å². The predicted molar refractivity (Wildman–Crippen MR) is 167 cm³/mol. The second-order valence-corrected chi connectivity index (χ2v) is 16.8. The first-order valence-corrected chi connectivity index (χ1v) is 18.2. The standard InChI is InChI=1S/C33H40N2O8S2/c1-19-14-24-23-6-4-20-15-21(36)8-9-31(20,2)29(23)26(37)17-32(24,3)33(19,39)28(38)18-44-30-34-25-16-22(5-7-27(25)43-30)45(40,41)35-10-12-42-13-11-35/h5,7-9,15-16,19,23-24,26,29,37,39H,4,6,10-14,17-18H2,1-3H3/t19-,23?,24?,26+,29?,31?,32?,33+/m1/s1. The van der Waals surface area contributed by atoms with Gasteiger partial charge in [0, 0.05) is 29.8 Å². The molecule has 1 saturated heterocycles. The average molecular weight is 657 g/mol. The molecule has 5 aliphatic rings. The number of thioether (sulfide) groups is 1. The van der Waals surface area contributed by atoms with Crippen LogP contribution in [0.15, 0.2) is 56.5 Å². The van der Waals surface area contributed by atoms with E-state index in [4.69, 9.17) is 9.15 Å². The van der Waals surface area contributed by atoms with E-state index < -0.39 is 32.6 Å². The molecule has 2 heterocycles. The number of rotatable bonds is 6. The molecule has 0 amide bonds. The summed E-state index contributed by atoms with van der Waals surface area (Å²) in [7, 11) is -3.70. The summed E-state index contributed by atoms with van der Waals surface area (Å²) in [6.07, 6.45) is 7.10. The Morgan fingerprint density at radius 3 is 2.73 bits per heavy atom. The smallest absolute Gasteiger partial charge is 0.257 e. The molecule has 10 nitrogen and oxygen atoms in total. The maximum absolute atomic E-state index is 14.0. The minimum atomic E-state index is -3.70. The number of sulfonamides is 1. The molecule has 2 N–H and O–H groups in total. The summed E-state index contributed by atoms with van der Waals surface area (Å²) in [5, 5.41) is 24.2. The molecule has 1 aliphatic heterocycles. The monoisotopic (exact) mass is 656 g/mol. The van der Waals surface area contributed by atoms with E-state index in [0.29, 0.717) is 37.2 Å². The van der Waals surface area contributed by atoms with Crippen LogP contribution in [0.3, 0.4) is 0 Å². The van der Waals surface area contributed by atoms with E-state index in [1.54, 1.807) is 18.2 Å². The zero-order valence-electron chi connectivity index (χ0n) is 25.8. The summed E-state index contributed by atoms with van der Waals surface area (Å²) in [5.74, 6) is -0.656. The van der Waals surface area contributed by atoms with E-state index in [9.17, 15) is 28.2 Å². The third-order valence-electron chi connectivity index (χ3n) is 11.8. The van der Waals surface area contributed by atoms with Gasteiger partial charge in [0.1, 0.15) is 11.1 Å². The molecule has 1 aromatic carbocycles. The molecule has 7 rings (SSSR count). The molecule has 3 saturated carbocycles. The normalized spacial score (nSPS) is 38.5. The number of aliphatic hydroxyl groups is 2. The van der Waals surface area contributed by atoms with Crippen molar-refractivity contribution in [1.82, 2.24) is 9.29 Å². The van der Waals surface area contributed by atoms with Crippen molar-refractivity contribution >= 4 is 44.5 Å². The molecule has 1 aromatic heterocycles. The van der Waals surface area contributed by atoms with E-state index in [-0.39, 0.29) is 64.2 Å². The number of hydrogen-bond donors (Lipinski definition) is 2. The quantitative estimate of drug-likeness (QED) is 0.441. The first-order chi connectivity index (χ1) is 21.3. The Labute approximate surface area is 267 Å². The van der Waals surface area contributed by atoms with E-state index in [0.717, 1.165) is 30.2 Å². The maximum Gasteiger partial charge on any atom is 0.257 e. The summed E-state index contributed by atoms with van der Waals surface area (Å²) in [6, 6.07) is 4.55. The topological polar surface area (TPSA) is 147 Å². The summed E-state index contributed by atoms with van der Waals surface area (Å²) in [4.78, 5) is 30.7. The number of Topliss-reactive ketones (excluding diaryl/α,β-unsaturated/α-hetero) is 1. The van der Waals surface area contributed by atoms with Crippen LogP contribution in [-0.4, -0.2) is 83.2 Å². The molecular weight excluding hydrogens is 617 g/mol. The molecule has 4 aliphatic carbocycles. The van der Waals surface area contributed by atoms with Crippen LogP contribution in [0, 0.1) is 34.5 Å². The maximum atomic E-state index is 14.0. The van der Waals surface area contributed by atoms with Gasteiger partial charge in [-0.15, -0.1) is 0 Å². The highest BCUT2D eigenvalue weighted by molar-refractivity contribution is 7.99. The summed E-state index contributed by atoms with van der Waals surface area (Å²) >= 11 is 1.08. The van der Waals surface area contributed by atoms with Gasteiger partial charge in [-0.25, -0.2) is 13.4 Å². The highest BCUT2D eigenvalue weighted by Gasteiger charge is 2.70. The number of morpholine rings is 1. The van der Waals surface area contributed by atoms with Crippen LogP contribution in [0.2, 0.25) is 0 Å². The van der Waals surface area contributed by atoms with Gasteiger partial charge in [-0.05, 0) is 73.8 Å². The minimum absolute atomic E-state index is 0.0135. The Morgan fingerprint density at radius 1 is 1.22 bits per heavy atom. The number of ketones is 2. The molecule has 0 radical (unpaired) electrons. The second-order valence-electron chi connectivity index (χ2n) is 14.0. The molecule has 45 heavy (non-hydrogen) atoms. The molecule has 242 valence electrons. The van der Waals surface area contributed by atoms with Gasteiger partial charge in [0.2, 0.25) is 10.0 Å². The third-order valence-corrected chi connectivity index (χ3v) is 14.5. The van der Waals surface area contributed by atoms with Crippen molar-refractivity contribution in [1.29, 1.82) is 0 Å². The molecule has 5 unspecified atom stereocenters. The van der Waals surface area contributed by atoms with Gasteiger partial charge in [-0.2, -0.15) is 4.31 Å². The Bertz CT molecular complexity index is 1730. The van der Waals surface area contributed by atoms with Crippen LogP contribution >= 0.6 is 11.8 Å². The lowest BCUT2D eigenvalue weighted by Gasteiger charge is -2.59. The fourth-order valence-corrected chi connectivity index (χ4v) is 11.7. The van der Waals surface area contributed by atoms with Crippen molar-refractivity contribution in [2.45, 2.75) is 68.3 Å². The minimum Gasteiger partial charge on any atom is -0.431 e. The van der Waals surface area contributed by atoms with Gasteiger partial charge < -0.3 is 19.4 Å². The lowest BCUT2D eigenvalue weighted by Crippen LogP contribution is -2.62. The molecule has 12 heteroatoms. The zero-order valence-corrected chi connectivity index (χ0v) is 27.4. The molecule has 0 spiro atoms. The van der Waals surface area contributed by atoms with Crippen LogP contribution < -0.4 is 0 Å². The summed E-state index contributed by atoms with van der Waals surface area (Å²) in [6.45, 7) is 7.28. The van der Waals surface area contributed by atoms with Crippen molar-refractivity contribution < 1.29 is 37.4 Å². The van der Waals surface area contributed by atoms with E-state index in [2.05, 4.69) is 11.9 Å². The fraction of sp³-hybridized carbons (Fsp3) is 0.606. The van der Waals surface area contributed by atoms with Gasteiger partial charge in [-0.1, -0.05) is 44.2 Å². The van der Waals surface area contributed by atoms with Gasteiger partial charge in [0.05, 0.1) is 30.0 Å². The predicted octanol–water partition coefficient (Wildman–Crippen LogP) is 3.77. The average Bonchev–Trinajstić information content (AvgIpc) is 3.52. The van der Waals surface area contributed by atoms with Crippen LogP contribution in [-0.2, 0) is 24.3 Å². The first kappa shape index (κ1) is 31.3. The number of aliphatic hydroxyl groups excluding tert-OH is 1. The fourth-order valence-electron chi connectivity index (χ4n) is 9.53. The van der Waals surface area contributed by atoms with Crippen molar-refractivity contribution in [2.75, 3.05) is 32.1 Å². The van der Waals surface area contributed by atoms with E-state index in [1.807, 2.05) is 19.9 Å². The van der Waals surface area contributed by atoms with E-state index >= 15 is 0 Å². The van der Waals surface area contributed by atoms with Gasteiger partial charge >= 0.3 is 0 Å². The Kier molecular flexibility index (Phi) is 7.54. The number of ether oxygens (including phenoxy) is 1. The van der Waals surface area contributed by atoms with Crippen molar-refractivity contribution in [3.63, 3.8) is 0 Å². The second kappa shape index (κ2) is 10.8. The number of allylic oxidation sites excluding steroid dienone is 4. The third kappa shape index (κ3) is 4.65. The lowest BCUT2D eigenvalue weighted by molar-refractivity contribution is -0.179. The molecule has 0 bridgehead atoms. The number of aromatic nitrogens is 1. The van der Waals surface area contributed by atoms with Gasteiger partial charge in [0.25, 0.3) is 5.22 Å². The van der Waals surface area contributed by atoms with Crippen LogP contribution in [0.5, 0.6) is 0 Å². The molecular formula is C33H40N2O8S2. The van der Waals surface area contributed by atoms with Crippen molar-refractivity contribution in [2.24, 2.45) is 34.5 Å². The molecule has 8 atom stereocenters. The summed E-state index contributed by atoms with van der Waals surface area (Å²) < 4.78 is 38.8. The Morgan fingerprint density at radius 2 is 1.98 bits per heavy atom. The number of nitrogens with zero attached hydrogens (tertiary/aromatic N) is 2. The number of carbonyl (C=O) groups excluding carboxylic acids is 2. The SMILES string of the molecule is C[C@@H]1CC2C3CCC4=CC(=O)C=CC4(C)C3[C@@H](O)CC2(C)[C@@]1(O)C(=O)CSc1nc2cc(S(=O)(=O)N3CCOCC3)ccc2o1. The zero-order chi connectivity index (χ0) is 31.9. The molecule has 4 fully saturated rings. The lowest BCUT2D eigenvalue weighted by atomic mass is 9.46. The summed E-state index contributed by atoms with van der Waals surface area (Å²) in [5.41, 5.74) is -1.03. The Balaban J connectivity index is 1.10. The van der Waals surface area contributed by atoms with E-state index in [1.165, 1.54) is 16.4 Å². The number of carbonyl (C=O) groups is 2. The molecule has 2 aromatic rings. The number of benzene rings is 1. The van der Waals surface area contributed by atoms with Crippen LogP contribution in [0.25, 0.3) is 11.1 Å². The number of fused-ring (bicyclic) bond motifs is 6. The highest BCUT2D eigenvalue weighted by Crippen LogP contribution is 2.68. The Hall–Kier alpha value is -2.35. The number of oxazole rings is 1. The van der Waals surface area contributed by atoms with Crippen molar-refractivity contribution in [3.05, 3.63) is 42.0 Å². The van der Waals surface area contributed by atoms with Crippen molar-refractivity contribution in [3.8, 4) is 0 Å². The number of hydrogen-bond acceptors (Lipinski definition) is 10. The van der Waals surface area contributed by atoms with Gasteiger partial charge in [0.15, 0.2) is 17.1 Å². The van der Waals surface area contributed by atoms with Crippen LogP contribution in [0.1, 0.15) is 46.5 Å². The highest BCUT2D eigenvalue weighted by atomic mass is 32.2. The largest absolute Gasteiger partial charge is 0.431 e. The first-order valence-electron chi connectivity index (χ1n) is 15.8. The van der Waals surface area contributed by atoms with Crippen LogP contribution in [0.4, 0.5) is 0 Å².